The average Bonchev–Trinajstić information content (AvgIpc) is 3.13. The zero-order valence-corrected chi connectivity index (χ0v) is 14.0. The number of ether oxygens (including phenoxy) is 1. The Morgan fingerprint density at radius 2 is 1.65 bits per heavy atom. The van der Waals surface area contributed by atoms with Crippen LogP contribution >= 0.6 is 0 Å². The van der Waals surface area contributed by atoms with E-state index in [2.05, 4.69) is 10.1 Å². The molecule has 0 spiro atoms. The van der Waals surface area contributed by atoms with Crippen LogP contribution in [0.1, 0.15) is 11.3 Å². The first-order valence-corrected chi connectivity index (χ1v) is 8.25. The quantitative estimate of drug-likeness (QED) is 0.568. The number of aromatic nitrogens is 2. The van der Waals surface area contributed by atoms with Gasteiger partial charge in [-0.25, -0.2) is 4.98 Å². The van der Waals surface area contributed by atoms with Crippen molar-refractivity contribution < 1.29 is 9.26 Å². The molecule has 0 saturated carbocycles. The molecular weight excluding hydrogens is 326 g/mol. The number of para-hydroxylation sites is 1. The van der Waals surface area contributed by atoms with E-state index < -0.39 is 0 Å². The van der Waals surface area contributed by atoms with Crippen LogP contribution in [0.15, 0.2) is 83.5 Å². The van der Waals surface area contributed by atoms with E-state index in [4.69, 9.17) is 15.0 Å². The fraction of sp³-hybridized carbons (Fsp3) is 0.0476. The Morgan fingerprint density at radius 1 is 0.885 bits per heavy atom. The second-order valence-corrected chi connectivity index (χ2v) is 5.89. The van der Waals surface area contributed by atoms with Crippen molar-refractivity contribution in [2.75, 3.05) is 5.73 Å². The van der Waals surface area contributed by atoms with E-state index in [0.717, 1.165) is 28.3 Å². The average molecular weight is 343 g/mol. The molecule has 0 aliphatic carbocycles. The summed E-state index contributed by atoms with van der Waals surface area (Å²) >= 11 is 0. The summed E-state index contributed by atoms with van der Waals surface area (Å²) < 4.78 is 11.2. The lowest BCUT2D eigenvalue weighted by atomic mass is 10.1. The zero-order valence-electron chi connectivity index (χ0n) is 14.0. The number of pyridine rings is 1. The summed E-state index contributed by atoms with van der Waals surface area (Å²) in [5.74, 6) is 2.77. The Balaban J connectivity index is 1.44. The van der Waals surface area contributed by atoms with Gasteiger partial charge < -0.3 is 15.0 Å². The van der Waals surface area contributed by atoms with Gasteiger partial charge in [-0.2, -0.15) is 0 Å². The summed E-state index contributed by atoms with van der Waals surface area (Å²) in [4.78, 5) is 4.07. The highest BCUT2D eigenvalue weighted by Gasteiger charge is 2.08. The van der Waals surface area contributed by atoms with Crippen LogP contribution in [0, 0.1) is 0 Å². The minimum Gasteiger partial charge on any atom is -0.457 e. The number of anilines is 1. The van der Waals surface area contributed by atoms with Crippen molar-refractivity contribution in [3.8, 4) is 22.8 Å². The highest BCUT2D eigenvalue weighted by molar-refractivity contribution is 5.57. The van der Waals surface area contributed by atoms with Crippen molar-refractivity contribution in [1.29, 1.82) is 0 Å². The topological polar surface area (TPSA) is 74.2 Å². The summed E-state index contributed by atoms with van der Waals surface area (Å²) in [5, 5.41) is 4.14. The molecule has 0 amide bonds. The van der Waals surface area contributed by atoms with Crippen LogP contribution in [0.5, 0.6) is 11.5 Å². The van der Waals surface area contributed by atoms with Gasteiger partial charge >= 0.3 is 0 Å². The molecule has 5 nitrogen and oxygen atoms in total. The fourth-order valence-electron chi connectivity index (χ4n) is 2.59. The van der Waals surface area contributed by atoms with Crippen molar-refractivity contribution in [1.82, 2.24) is 10.1 Å². The van der Waals surface area contributed by atoms with Gasteiger partial charge in [0.1, 0.15) is 17.3 Å². The molecular formula is C21H17N3O2. The van der Waals surface area contributed by atoms with Gasteiger partial charge in [0.25, 0.3) is 0 Å². The van der Waals surface area contributed by atoms with Crippen LogP contribution in [0.3, 0.4) is 0 Å². The molecule has 0 bridgehead atoms. The van der Waals surface area contributed by atoms with Crippen molar-refractivity contribution in [2.45, 2.75) is 6.42 Å². The summed E-state index contributed by atoms with van der Waals surface area (Å²) in [6, 6.07) is 23.2. The van der Waals surface area contributed by atoms with Crippen LogP contribution in [-0.2, 0) is 6.42 Å². The lowest BCUT2D eigenvalue weighted by Gasteiger charge is -2.06. The molecule has 0 radical (unpaired) electrons. The van der Waals surface area contributed by atoms with Crippen LogP contribution in [0.2, 0.25) is 0 Å². The molecule has 5 heteroatoms. The number of hydrogen-bond acceptors (Lipinski definition) is 5. The molecule has 2 heterocycles. The molecule has 0 aliphatic rings. The first-order valence-electron chi connectivity index (χ1n) is 8.25. The second kappa shape index (κ2) is 7.11. The molecule has 2 N–H and O–H groups in total. The lowest BCUT2D eigenvalue weighted by molar-refractivity contribution is 0.425. The SMILES string of the molecule is Nc1ccc(-c2cc(Cc3ccc(Oc4ccccc4)cc3)no2)cn1. The number of nitrogen functional groups attached to an aromatic ring is 1. The van der Waals surface area contributed by atoms with Gasteiger partial charge in [-0.3, -0.25) is 0 Å². The van der Waals surface area contributed by atoms with E-state index in [1.54, 1.807) is 12.3 Å². The maximum absolute atomic E-state index is 5.80. The predicted octanol–water partition coefficient (Wildman–Crippen LogP) is 4.70. The normalized spacial score (nSPS) is 10.6. The molecule has 0 atom stereocenters. The largest absolute Gasteiger partial charge is 0.457 e. The Bertz CT molecular complexity index is 978. The first kappa shape index (κ1) is 15.9. The van der Waals surface area contributed by atoms with Gasteiger partial charge in [-0.15, -0.1) is 0 Å². The van der Waals surface area contributed by atoms with E-state index >= 15 is 0 Å². The zero-order chi connectivity index (χ0) is 17.8. The van der Waals surface area contributed by atoms with Gasteiger partial charge in [0.05, 0.1) is 5.69 Å². The number of rotatable bonds is 5. The van der Waals surface area contributed by atoms with Crippen LogP contribution in [0.4, 0.5) is 5.82 Å². The Morgan fingerprint density at radius 3 is 2.38 bits per heavy atom. The third kappa shape index (κ3) is 3.72. The summed E-state index contributed by atoms with van der Waals surface area (Å²) in [6.07, 6.45) is 2.35. The van der Waals surface area contributed by atoms with Crippen LogP contribution < -0.4 is 10.5 Å². The molecule has 0 saturated heterocycles. The Hall–Kier alpha value is -3.60. The van der Waals surface area contributed by atoms with E-state index in [1.165, 1.54) is 0 Å². The van der Waals surface area contributed by atoms with E-state index in [1.807, 2.05) is 66.7 Å². The molecule has 0 aliphatic heterocycles. The molecule has 4 aromatic rings. The van der Waals surface area contributed by atoms with Gasteiger partial charge in [-0.05, 0) is 42.0 Å². The molecule has 2 aromatic carbocycles. The van der Waals surface area contributed by atoms with Crippen molar-refractivity contribution in [2.24, 2.45) is 0 Å². The summed E-state index contributed by atoms with van der Waals surface area (Å²) in [7, 11) is 0. The molecule has 4 rings (SSSR count). The van der Waals surface area contributed by atoms with Gasteiger partial charge in [0.2, 0.25) is 0 Å². The molecule has 26 heavy (non-hydrogen) atoms. The smallest absolute Gasteiger partial charge is 0.168 e. The van der Waals surface area contributed by atoms with Crippen LogP contribution in [0.25, 0.3) is 11.3 Å². The highest BCUT2D eigenvalue weighted by atomic mass is 16.5. The van der Waals surface area contributed by atoms with Crippen molar-refractivity contribution in [3.63, 3.8) is 0 Å². The molecule has 0 unspecified atom stereocenters. The maximum atomic E-state index is 5.80. The lowest BCUT2D eigenvalue weighted by Crippen LogP contribution is -1.89. The number of benzene rings is 2. The third-order valence-corrected chi connectivity index (χ3v) is 3.92. The van der Waals surface area contributed by atoms with Crippen molar-refractivity contribution >= 4 is 5.82 Å². The van der Waals surface area contributed by atoms with Gasteiger partial charge in [0, 0.05) is 24.2 Å². The monoisotopic (exact) mass is 343 g/mol. The summed E-state index contributed by atoms with van der Waals surface area (Å²) in [5.41, 5.74) is 8.44. The Labute approximate surface area is 151 Å². The first-order chi connectivity index (χ1) is 12.8. The maximum Gasteiger partial charge on any atom is 0.168 e. The van der Waals surface area contributed by atoms with E-state index in [0.29, 0.717) is 18.0 Å². The van der Waals surface area contributed by atoms with E-state index in [-0.39, 0.29) is 0 Å². The van der Waals surface area contributed by atoms with Crippen molar-refractivity contribution in [3.05, 3.63) is 90.3 Å². The minimum atomic E-state index is 0.478. The molecule has 0 fully saturated rings. The standard InChI is InChI=1S/C21H17N3O2/c22-21-11-8-16(14-23-21)20-13-17(24-26-20)12-15-6-9-19(10-7-15)25-18-4-2-1-3-5-18/h1-11,13-14H,12H2,(H2,22,23). The highest BCUT2D eigenvalue weighted by Crippen LogP contribution is 2.24. The molecule has 2 aromatic heterocycles. The third-order valence-electron chi connectivity index (χ3n) is 3.92. The second-order valence-electron chi connectivity index (χ2n) is 5.89. The number of nitrogens with zero attached hydrogens (tertiary/aromatic N) is 2. The molecule has 128 valence electrons. The summed E-state index contributed by atoms with van der Waals surface area (Å²) in [6.45, 7) is 0. The van der Waals surface area contributed by atoms with Crippen LogP contribution in [-0.4, -0.2) is 10.1 Å². The fourth-order valence-corrected chi connectivity index (χ4v) is 2.59. The minimum absolute atomic E-state index is 0.478. The van der Waals surface area contributed by atoms with E-state index in [9.17, 15) is 0 Å². The number of nitrogens with two attached hydrogens (primary N) is 1. The predicted molar refractivity (Wildman–Crippen MR) is 99.9 cm³/mol. The Kier molecular flexibility index (Phi) is 4.35. The number of hydrogen-bond donors (Lipinski definition) is 1. The van der Waals surface area contributed by atoms with Gasteiger partial charge in [-0.1, -0.05) is 35.5 Å². The van der Waals surface area contributed by atoms with Gasteiger partial charge in [0.15, 0.2) is 5.76 Å².